The number of piperidine rings is 3. The van der Waals surface area contributed by atoms with Crippen molar-refractivity contribution in [2.45, 2.75) is 31.9 Å². The number of rotatable bonds is 7. The van der Waals surface area contributed by atoms with Crippen molar-refractivity contribution in [1.29, 1.82) is 0 Å². The van der Waals surface area contributed by atoms with Gasteiger partial charge in [-0.1, -0.05) is 6.07 Å². The van der Waals surface area contributed by atoms with Crippen LogP contribution in [0.1, 0.15) is 24.1 Å². The molecule has 3 aliphatic rings. The van der Waals surface area contributed by atoms with Crippen LogP contribution >= 0.6 is 0 Å². The van der Waals surface area contributed by atoms with Gasteiger partial charge in [0.15, 0.2) is 5.65 Å². The van der Waals surface area contributed by atoms with E-state index >= 15 is 4.39 Å². The number of ether oxygens (including phenoxy) is 1. The van der Waals surface area contributed by atoms with Crippen molar-refractivity contribution in [2.75, 3.05) is 26.7 Å². The van der Waals surface area contributed by atoms with Crippen LogP contribution in [0.4, 0.5) is 4.39 Å². The van der Waals surface area contributed by atoms with E-state index in [4.69, 9.17) is 14.1 Å². The molecule has 3 saturated heterocycles. The Labute approximate surface area is 210 Å². The number of methoxy groups -OCH3 is 1. The van der Waals surface area contributed by atoms with Gasteiger partial charge in [0.1, 0.15) is 29.2 Å². The predicted octanol–water partition coefficient (Wildman–Crippen LogP) is 2.76. The SMILES string of the molecule is COc1nc(C)c2nc(-c3cncnc3)n(Cc3ccc(O[SiH2]C4CN5CCC4CC5)cc3F)c2n1. The van der Waals surface area contributed by atoms with Crippen LogP contribution in [-0.4, -0.2) is 70.9 Å². The molecule has 0 saturated carbocycles. The minimum Gasteiger partial charge on any atom is -0.549 e. The lowest BCUT2D eigenvalue weighted by Crippen LogP contribution is -2.47. The summed E-state index contributed by atoms with van der Waals surface area (Å²) in [6.07, 6.45) is 7.36. The average Bonchev–Trinajstić information content (AvgIpc) is 3.28. The Kier molecular flexibility index (Phi) is 6.10. The number of nitrogens with zero attached hydrogens (tertiary/aromatic N) is 7. The summed E-state index contributed by atoms with van der Waals surface area (Å²) >= 11 is 0. The van der Waals surface area contributed by atoms with E-state index in [2.05, 4.69) is 24.8 Å². The molecule has 11 heteroatoms. The maximum atomic E-state index is 15.3. The van der Waals surface area contributed by atoms with E-state index in [0.717, 1.165) is 12.5 Å². The zero-order valence-electron chi connectivity index (χ0n) is 20.4. The molecule has 1 atom stereocenters. The van der Waals surface area contributed by atoms with Crippen LogP contribution in [0.5, 0.6) is 11.8 Å². The molecule has 0 aliphatic carbocycles. The van der Waals surface area contributed by atoms with E-state index in [9.17, 15) is 0 Å². The fraction of sp³-hybridized carbons (Fsp3) is 0.400. The summed E-state index contributed by atoms with van der Waals surface area (Å²) in [4.78, 5) is 24.4. The minimum atomic E-state index is -0.787. The zero-order valence-corrected chi connectivity index (χ0v) is 21.8. The average molecular weight is 506 g/mol. The molecule has 1 unspecified atom stereocenters. The Morgan fingerprint density at radius 2 is 1.92 bits per heavy atom. The Balaban J connectivity index is 1.29. The second-order valence-electron chi connectivity index (χ2n) is 9.58. The van der Waals surface area contributed by atoms with Gasteiger partial charge in [-0.15, -0.1) is 0 Å². The summed E-state index contributed by atoms with van der Waals surface area (Å²) in [5.74, 6) is 1.67. The van der Waals surface area contributed by atoms with E-state index < -0.39 is 9.76 Å². The highest BCUT2D eigenvalue weighted by molar-refractivity contribution is 6.31. The number of imidazole rings is 1. The number of aryl methyl sites for hydroxylation is 1. The first-order valence-corrected chi connectivity index (χ1v) is 13.7. The standard InChI is InChI=1S/C25H28FN7O2Si/c1-15-22-24(31-25(29-15)34-2)33(23(30-22)18-10-27-14-28-11-18)12-17-3-4-19(9-20(17)26)35-36-21-13-32-7-5-16(21)6-8-32/h3-4,9-11,14,16,21H,5-8,12-13,36H2,1-2H3. The lowest BCUT2D eigenvalue weighted by Gasteiger charge is -2.44. The van der Waals surface area contributed by atoms with Gasteiger partial charge in [0, 0.05) is 30.6 Å². The van der Waals surface area contributed by atoms with E-state index in [1.54, 1.807) is 18.5 Å². The maximum absolute atomic E-state index is 15.3. The first-order valence-electron chi connectivity index (χ1n) is 12.3. The van der Waals surface area contributed by atoms with Gasteiger partial charge in [-0.05, 0) is 50.4 Å². The summed E-state index contributed by atoms with van der Waals surface area (Å²) in [5.41, 5.74) is 3.74. The van der Waals surface area contributed by atoms with Crippen LogP contribution in [0.15, 0.2) is 36.9 Å². The zero-order chi connectivity index (χ0) is 24.6. The third-order valence-corrected chi connectivity index (χ3v) is 9.21. The first-order chi connectivity index (χ1) is 17.6. The molecule has 4 aromatic rings. The van der Waals surface area contributed by atoms with Crippen molar-refractivity contribution in [1.82, 2.24) is 34.4 Å². The quantitative estimate of drug-likeness (QED) is 0.354. The molecule has 6 heterocycles. The topological polar surface area (TPSA) is 91.1 Å². The highest BCUT2D eigenvalue weighted by Crippen LogP contribution is 2.36. The molecule has 36 heavy (non-hydrogen) atoms. The second kappa shape index (κ2) is 9.55. The summed E-state index contributed by atoms with van der Waals surface area (Å²) < 4.78 is 28.6. The largest absolute Gasteiger partial charge is 0.549 e. The van der Waals surface area contributed by atoms with Gasteiger partial charge in [0.25, 0.3) is 0 Å². The van der Waals surface area contributed by atoms with Crippen LogP contribution in [0.3, 0.4) is 0 Å². The lowest BCUT2D eigenvalue weighted by molar-refractivity contribution is 0.108. The van der Waals surface area contributed by atoms with Crippen LogP contribution in [0.25, 0.3) is 22.6 Å². The number of fused-ring (bicyclic) bond motifs is 4. The van der Waals surface area contributed by atoms with Crippen LogP contribution in [0.2, 0.25) is 5.54 Å². The predicted molar refractivity (Wildman–Crippen MR) is 135 cm³/mol. The van der Waals surface area contributed by atoms with Gasteiger partial charge in [0.2, 0.25) is 9.76 Å². The molecule has 9 nitrogen and oxygen atoms in total. The highest BCUT2D eigenvalue weighted by Gasteiger charge is 2.34. The molecule has 3 fully saturated rings. The van der Waals surface area contributed by atoms with Gasteiger partial charge in [-0.3, -0.25) is 0 Å². The maximum Gasteiger partial charge on any atom is 0.318 e. The monoisotopic (exact) mass is 505 g/mol. The molecule has 0 amide bonds. The van der Waals surface area contributed by atoms with E-state index in [1.807, 2.05) is 17.6 Å². The van der Waals surface area contributed by atoms with Crippen LogP contribution in [0, 0.1) is 18.7 Å². The molecule has 3 aromatic heterocycles. The van der Waals surface area contributed by atoms with Crippen molar-refractivity contribution in [3.63, 3.8) is 0 Å². The van der Waals surface area contributed by atoms with E-state index in [0.29, 0.717) is 45.1 Å². The fourth-order valence-corrected chi connectivity index (χ4v) is 7.18. The van der Waals surface area contributed by atoms with Crippen molar-refractivity contribution < 1.29 is 13.6 Å². The third kappa shape index (κ3) is 4.33. The van der Waals surface area contributed by atoms with Gasteiger partial charge < -0.3 is 18.6 Å². The third-order valence-electron chi connectivity index (χ3n) is 7.36. The molecule has 1 aromatic carbocycles. The van der Waals surface area contributed by atoms with E-state index in [1.165, 1.54) is 45.4 Å². The van der Waals surface area contributed by atoms with Crippen molar-refractivity contribution in [2.24, 2.45) is 5.92 Å². The number of aromatic nitrogens is 6. The normalized spacial score (nSPS) is 21.5. The molecule has 0 spiro atoms. The van der Waals surface area contributed by atoms with Crippen molar-refractivity contribution in [3.8, 4) is 23.1 Å². The Morgan fingerprint density at radius 1 is 1.11 bits per heavy atom. The Morgan fingerprint density at radius 3 is 2.61 bits per heavy atom. The molecule has 0 radical (unpaired) electrons. The molecule has 3 aliphatic heterocycles. The fourth-order valence-electron chi connectivity index (χ4n) is 5.38. The number of benzene rings is 1. The Hall–Kier alpha value is -3.44. The first kappa shape index (κ1) is 23.0. The van der Waals surface area contributed by atoms with Gasteiger partial charge >= 0.3 is 6.01 Å². The summed E-state index contributed by atoms with van der Waals surface area (Å²) in [6, 6.07) is 5.41. The number of hydrogen-bond donors (Lipinski definition) is 0. The van der Waals surface area contributed by atoms with Crippen LogP contribution < -0.4 is 9.16 Å². The summed E-state index contributed by atoms with van der Waals surface area (Å²) in [5, 5.41) is 0. The molecule has 2 bridgehead atoms. The molecular formula is C25H28FN7O2Si. The number of halogens is 1. The van der Waals surface area contributed by atoms with Gasteiger partial charge in [0.05, 0.1) is 24.9 Å². The highest BCUT2D eigenvalue weighted by atomic mass is 28.2. The van der Waals surface area contributed by atoms with Crippen molar-refractivity contribution >= 4 is 20.9 Å². The van der Waals surface area contributed by atoms with Gasteiger partial charge in [-0.25, -0.2) is 19.3 Å². The molecular weight excluding hydrogens is 477 g/mol. The molecule has 0 N–H and O–H groups in total. The van der Waals surface area contributed by atoms with E-state index in [-0.39, 0.29) is 18.4 Å². The summed E-state index contributed by atoms with van der Waals surface area (Å²) in [7, 11) is 0.732. The lowest BCUT2D eigenvalue weighted by atomic mass is 9.88. The smallest absolute Gasteiger partial charge is 0.318 e. The van der Waals surface area contributed by atoms with Gasteiger partial charge in [-0.2, -0.15) is 9.97 Å². The second-order valence-corrected chi connectivity index (χ2v) is 11.2. The number of hydrogen-bond acceptors (Lipinski definition) is 8. The summed E-state index contributed by atoms with van der Waals surface area (Å²) in [6.45, 7) is 5.65. The van der Waals surface area contributed by atoms with Crippen molar-refractivity contribution in [3.05, 3.63) is 54.0 Å². The molecule has 186 valence electrons. The van der Waals surface area contributed by atoms with Crippen LogP contribution in [-0.2, 0) is 6.54 Å². The minimum absolute atomic E-state index is 0.226. The molecule has 7 rings (SSSR count). The Bertz CT molecular complexity index is 1390.